The quantitative estimate of drug-likeness (QED) is 0.795. The van der Waals surface area contributed by atoms with Gasteiger partial charge in [-0.15, -0.1) is 0 Å². The van der Waals surface area contributed by atoms with E-state index in [1.807, 2.05) is 25.3 Å². The van der Waals surface area contributed by atoms with E-state index in [1.54, 1.807) is 0 Å². The van der Waals surface area contributed by atoms with Gasteiger partial charge in [0.05, 0.1) is 6.04 Å². The predicted octanol–water partition coefficient (Wildman–Crippen LogP) is 4.43. The number of anilines is 2. The van der Waals surface area contributed by atoms with Crippen molar-refractivity contribution in [2.45, 2.75) is 39.2 Å². The van der Waals surface area contributed by atoms with E-state index in [0.29, 0.717) is 5.11 Å². The highest BCUT2D eigenvalue weighted by Gasteiger charge is 2.12. The summed E-state index contributed by atoms with van der Waals surface area (Å²) in [6.07, 6.45) is 5.78. The second-order valence-electron chi connectivity index (χ2n) is 6.68. The van der Waals surface area contributed by atoms with Crippen molar-refractivity contribution in [2.24, 2.45) is 0 Å². The summed E-state index contributed by atoms with van der Waals surface area (Å²) in [6.45, 7) is 6.48. The highest BCUT2D eigenvalue weighted by Crippen LogP contribution is 2.22. The van der Waals surface area contributed by atoms with Crippen molar-refractivity contribution < 1.29 is 0 Å². The molecule has 132 valence electrons. The Labute approximate surface area is 155 Å². The molecule has 1 aromatic carbocycles. The fourth-order valence-electron chi connectivity index (χ4n) is 3.10. The molecule has 1 saturated heterocycles. The second kappa shape index (κ2) is 8.30. The largest absolute Gasteiger partial charge is 0.372 e. The molecule has 4 nitrogen and oxygen atoms in total. The van der Waals surface area contributed by atoms with Crippen LogP contribution in [-0.4, -0.2) is 23.2 Å². The third-order valence-electron chi connectivity index (χ3n) is 4.61. The summed E-state index contributed by atoms with van der Waals surface area (Å²) < 4.78 is 0. The molecule has 0 aliphatic carbocycles. The Morgan fingerprint density at radius 2 is 1.80 bits per heavy atom. The van der Waals surface area contributed by atoms with Gasteiger partial charge in [0.25, 0.3) is 0 Å². The van der Waals surface area contributed by atoms with Gasteiger partial charge in [-0.05, 0) is 74.7 Å². The first-order chi connectivity index (χ1) is 12.1. The number of hydrogen-bond donors (Lipinski definition) is 2. The minimum absolute atomic E-state index is 0.140. The number of piperidine rings is 1. The molecule has 1 aliphatic heterocycles. The standard InChI is InChI=1S/C20H26N4S/c1-15-6-11-19(21-14-15)23-20(25)22-16(2)17-7-9-18(10-8-17)24-12-4-3-5-13-24/h6-11,14,16H,3-5,12-13H2,1-2H3,(H2,21,22,23,25)/t16-/m1/s1. The molecule has 25 heavy (non-hydrogen) atoms. The second-order valence-corrected chi connectivity index (χ2v) is 7.09. The van der Waals surface area contributed by atoms with E-state index in [-0.39, 0.29) is 6.04 Å². The van der Waals surface area contributed by atoms with Gasteiger partial charge in [-0.3, -0.25) is 0 Å². The minimum atomic E-state index is 0.140. The van der Waals surface area contributed by atoms with Crippen molar-refractivity contribution in [3.05, 3.63) is 53.7 Å². The van der Waals surface area contributed by atoms with Gasteiger partial charge in [-0.1, -0.05) is 18.2 Å². The van der Waals surface area contributed by atoms with Gasteiger partial charge < -0.3 is 15.5 Å². The fourth-order valence-corrected chi connectivity index (χ4v) is 3.38. The van der Waals surface area contributed by atoms with Gasteiger partial charge in [-0.25, -0.2) is 4.98 Å². The molecule has 1 fully saturated rings. The third-order valence-corrected chi connectivity index (χ3v) is 4.83. The normalized spacial score (nSPS) is 15.5. The molecule has 0 bridgehead atoms. The van der Waals surface area contributed by atoms with E-state index in [4.69, 9.17) is 12.2 Å². The number of thiocarbonyl (C=S) groups is 1. The summed E-state index contributed by atoms with van der Waals surface area (Å²) in [5.41, 5.74) is 3.67. The maximum absolute atomic E-state index is 5.40. The Hall–Kier alpha value is -2.14. The summed E-state index contributed by atoms with van der Waals surface area (Å²) in [5.74, 6) is 0.760. The van der Waals surface area contributed by atoms with E-state index in [9.17, 15) is 0 Å². The van der Waals surface area contributed by atoms with Crippen LogP contribution in [0.5, 0.6) is 0 Å². The molecule has 0 amide bonds. The molecule has 0 saturated carbocycles. The zero-order valence-electron chi connectivity index (χ0n) is 15.0. The van der Waals surface area contributed by atoms with E-state index in [1.165, 1.54) is 43.6 Å². The summed E-state index contributed by atoms with van der Waals surface area (Å²) in [6, 6.07) is 12.9. The third kappa shape index (κ3) is 4.92. The number of rotatable bonds is 4. The topological polar surface area (TPSA) is 40.2 Å². The first kappa shape index (κ1) is 17.7. The molecule has 0 radical (unpaired) electrons. The minimum Gasteiger partial charge on any atom is -0.372 e. The van der Waals surface area contributed by atoms with Gasteiger partial charge >= 0.3 is 0 Å². The first-order valence-corrected chi connectivity index (χ1v) is 9.38. The van der Waals surface area contributed by atoms with Gasteiger partial charge in [0.1, 0.15) is 5.82 Å². The number of hydrogen-bond acceptors (Lipinski definition) is 3. The molecule has 5 heteroatoms. The van der Waals surface area contributed by atoms with Crippen LogP contribution in [0, 0.1) is 6.92 Å². The van der Waals surface area contributed by atoms with Gasteiger partial charge in [0.2, 0.25) is 0 Å². The Morgan fingerprint density at radius 1 is 1.08 bits per heavy atom. The van der Waals surface area contributed by atoms with Crippen molar-refractivity contribution in [1.29, 1.82) is 0 Å². The van der Waals surface area contributed by atoms with Crippen LogP contribution in [0.3, 0.4) is 0 Å². The highest BCUT2D eigenvalue weighted by atomic mass is 32.1. The van der Waals surface area contributed by atoms with Crippen LogP contribution in [0.2, 0.25) is 0 Å². The van der Waals surface area contributed by atoms with Crippen molar-refractivity contribution in [1.82, 2.24) is 10.3 Å². The predicted molar refractivity (Wildman–Crippen MR) is 109 cm³/mol. The van der Waals surface area contributed by atoms with Crippen molar-refractivity contribution >= 4 is 28.8 Å². The van der Waals surface area contributed by atoms with Crippen LogP contribution in [0.15, 0.2) is 42.6 Å². The number of benzene rings is 1. The van der Waals surface area contributed by atoms with Gasteiger partial charge in [0, 0.05) is 25.0 Å². The number of aromatic nitrogens is 1. The zero-order valence-corrected chi connectivity index (χ0v) is 15.8. The van der Waals surface area contributed by atoms with Gasteiger partial charge in [0.15, 0.2) is 5.11 Å². The fraction of sp³-hybridized carbons (Fsp3) is 0.400. The van der Waals surface area contributed by atoms with Crippen molar-refractivity contribution in [3.8, 4) is 0 Å². The van der Waals surface area contributed by atoms with Crippen LogP contribution in [-0.2, 0) is 0 Å². The van der Waals surface area contributed by atoms with Crippen molar-refractivity contribution in [3.63, 3.8) is 0 Å². The molecule has 0 spiro atoms. The maximum Gasteiger partial charge on any atom is 0.172 e. The number of pyridine rings is 1. The smallest absolute Gasteiger partial charge is 0.172 e. The Kier molecular flexibility index (Phi) is 5.87. The average Bonchev–Trinajstić information content (AvgIpc) is 2.64. The van der Waals surface area contributed by atoms with Crippen LogP contribution in [0.25, 0.3) is 0 Å². The van der Waals surface area contributed by atoms with Crippen LogP contribution < -0.4 is 15.5 Å². The summed E-state index contributed by atoms with van der Waals surface area (Å²) in [5, 5.41) is 7.05. The van der Waals surface area contributed by atoms with E-state index < -0.39 is 0 Å². The average molecular weight is 355 g/mol. The van der Waals surface area contributed by atoms with Crippen molar-refractivity contribution in [2.75, 3.05) is 23.3 Å². The first-order valence-electron chi connectivity index (χ1n) is 8.97. The molecule has 1 aliphatic rings. The molecular formula is C20H26N4S. The molecule has 2 heterocycles. The SMILES string of the molecule is Cc1ccc(NC(=S)N[C@H](C)c2ccc(N3CCCCC3)cc2)nc1. The van der Waals surface area contributed by atoms with Crippen LogP contribution in [0.4, 0.5) is 11.5 Å². The highest BCUT2D eigenvalue weighted by molar-refractivity contribution is 7.80. The molecule has 1 atom stereocenters. The summed E-state index contributed by atoms with van der Waals surface area (Å²) >= 11 is 5.40. The molecule has 2 aromatic rings. The Balaban J connectivity index is 1.55. The zero-order chi connectivity index (χ0) is 17.6. The molecular weight excluding hydrogens is 328 g/mol. The van der Waals surface area contributed by atoms with Crippen LogP contribution in [0.1, 0.15) is 43.4 Å². The molecule has 1 aromatic heterocycles. The maximum atomic E-state index is 5.40. The van der Waals surface area contributed by atoms with Gasteiger partial charge in [-0.2, -0.15) is 0 Å². The van der Waals surface area contributed by atoms with E-state index >= 15 is 0 Å². The summed E-state index contributed by atoms with van der Waals surface area (Å²) in [7, 11) is 0. The lowest BCUT2D eigenvalue weighted by molar-refractivity contribution is 0.577. The van der Waals surface area contributed by atoms with E-state index in [2.05, 4.69) is 51.7 Å². The number of nitrogens with zero attached hydrogens (tertiary/aromatic N) is 2. The number of nitrogens with one attached hydrogen (secondary N) is 2. The Bertz CT molecular complexity index is 691. The molecule has 0 unspecified atom stereocenters. The lowest BCUT2D eigenvalue weighted by Crippen LogP contribution is -2.31. The lowest BCUT2D eigenvalue weighted by Gasteiger charge is -2.29. The van der Waals surface area contributed by atoms with Crippen LogP contribution >= 0.6 is 12.2 Å². The Morgan fingerprint density at radius 3 is 2.44 bits per heavy atom. The monoisotopic (exact) mass is 354 g/mol. The summed E-state index contributed by atoms with van der Waals surface area (Å²) in [4.78, 5) is 6.79. The van der Waals surface area contributed by atoms with E-state index in [0.717, 1.165) is 11.4 Å². The number of aryl methyl sites for hydroxylation is 1. The molecule has 2 N–H and O–H groups in total. The molecule has 3 rings (SSSR count). The lowest BCUT2D eigenvalue weighted by atomic mass is 10.1.